The van der Waals surface area contributed by atoms with E-state index in [1.807, 2.05) is 30.3 Å². The first-order valence-corrected chi connectivity index (χ1v) is 10.8. The highest BCUT2D eigenvalue weighted by Gasteiger charge is 2.43. The Morgan fingerprint density at radius 3 is 2.87 bits per heavy atom. The van der Waals surface area contributed by atoms with E-state index >= 15 is 0 Å². The molecule has 4 N–H and O–H groups in total. The molecule has 1 aromatic carbocycles. The van der Waals surface area contributed by atoms with Crippen molar-refractivity contribution in [2.45, 2.75) is 43.9 Å². The lowest BCUT2D eigenvalue weighted by atomic mass is 10.0. The van der Waals surface area contributed by atoms with Gasteiger partial charge in [-0.1, -0.05) is 30.3 Å². The van der Waals surface area contributed by atoms with E-state index in [-0.39, 0.29) is 29.9 Å². The average Bonchev–Trinajstić information content (AvgIpc) is 3.17. The van der Waals surface area contributed by atoms with Gasteiger partial charge in [0.2, 0.25) is 11.8 Å². The number of nitrogens with one attached hydrogen (secondary N) is 4. The molecule has 1 aromatic rings. The highest BCUT2D eigenvalue weighted by molar-refractivity contribution is 7.80. The fraction of sp³-hybridized carbons (Fsp3) is 0.571. The van der Waals surface area contributed by atoms with Crippen LogP contribution in [0.4, 0.5) is 0 Å². The molecule has 3 rings (SSSR count). The molecule has 2 saturated heterocycles. The van der Waals surface area contributed by atoms with Crippen molar-refractivity contribution in [2.24, 2.45) is 0 Å². The Hall–Kier alpha value is -2.23. The number of piperazine rings is 1. The van der Waals surface area contributed by atoms with Crippen molar-refractivity contribution < 1.29 is 14.3 Å². The van der Waals surface area contributed by atoms with Crippen LogP contribution in [0.5, 0.6) is 0 Å². The van der Waals surface area contributed by atoms with Crippen LogP contribution < -0.4 is 21.3 Å². The number of fused-ring (bicyclic) bond motifs is 1. The summed E-state index contributed by atoms with van der Waals surface area (Å²) in [5, 5.41) is 13.0. The largest absolute Gasteiger partial charge is 0.383 e. The topological polar surface area (TPSA) is 94.7 Å². The quantitative estimate of drug-likeness (QED) is 0.325. The van der Waals surface area contributed by atoms with E-state index in [1.165, 1.54) is 0 Å². The van der Waals surface area contributed by atoms with Crippen LogP contribution in [0.3, 0.4) is 0 Å². The van der Waals surface area contributed by atoms with Gasteiger partial charge < -0.3 is 26.0 Å². The van der Waals surface area contributed by atoms with Crippen molar-refractivity contribution in [1.82, 2.24) is 26.2 Å². The second-order valence-electron chi connectivity index (χ2n) is 7.74. The van der Waals surface area contributed by atoms with Gasteiger partial charge in [-0.15, -0.1) is 0 Å². The molecular formula is C21H31N5O3S. The van der Waals surface area contributed by atoms with Crippen LogP contribution in [0.2, 0.25) is 0 Å². The fourth-order valence-corrected chi connectivity index (χ4v) is 4.30. The number of hydrogen-bond acceptors (Lipinski definition) is 5. The minimum Gasteiger partial charge on any atom is -0.383 e. The number of carbonyl (C=O) groups excluding carboxylic acids is 2. The van der Waals surface area contributed by atoms with E-state index in [1.54, 1.807) is 7.11 Å². The SMILES string of the molecule is COCCNC(=S)N[C@@H]1C[C@H]2C(=O)NC[C@@H](CCC(=O)NCc3ccccc3)N2C1. The maximum absolute atomic E-state index is 12.3. The van der Waals surface area contributed by atoms with E-state index in [0.29, 0.717) is 50.6 Å². The molecule has 0 saturated carbocycles. The molecule has 164 valence electrons. The van der Waals surface area contributed by atoms with Crippen LogP contribution >= 0.6 is 12.2 Å². The van der Waals surface area contributed by atoms with Gasteiger partial charge in [-0.2, -0.15) is 0 Å². The van der Waals surface area contributed by atoms with Gasteiger partial charge in [-0.25, -0.2) is 0 Å². The molecule has 2 heterocycles. The first kappa shape index (κ1) is 22.5. The first-order chi connectivity index (χ1) is 14.6. The van der Waals surface area contributed by atoms with Gasteiger partial charge in [0.1, 0.15) is 0 Å². The number of thiocarbonyl (C=S) groups is 1. The highest BCUT2D eigenvalue weighted by Crippen LogP contribution is 2.25. The maximum atomic E-state index is 12.3. The lowest BCUT2D eigenvalue weighted by Gasteiger charge is -2.37. The van der Waals surface area contributed by atoms with Crippen molar-refractivity contribution >= 4 is 29.1 Å². The van der Waals surface area contributed by atoms with Crippen molar-refractivity contribution in [3.63, 3.8) is 0 Å². The predicted molar refractivity (Wildman–Crippen MR) is 119 cm³/mol. The van der Waals surface area contributed by atoms with Crippen LogP contribution in [-0.2, 0) is 20.9 Å². The van der Waals surface area contributed by atoms with E-state index < -0.39 is 0 Å². The summed E-state index contributed by atoms with van der Waals surface area (Å²) >= 11 is 5.33. The zero-order chi connectivity index (χ0) is 21.3. The molecule has 3 atom stereocenters. The normalized spacial score (nSPS) is 23.4. The van der Waals surface area contributed by atoms with Crippen LogP contribution in [0.25, 0.3) is 0 Å². The Labute approximate surface area is 183 Å². The minimum atomic E-state index is -0.171. The summed E-state index contributed by atoms with van der Waals surface area (Å²) in [6.07, 6.45) is 1.85. The molecule has 30 heavy (non-hydrogen) atoms. The molecule has 2 amide bonds. The lowest BCUT2D eigenvalue weighted by molar-refractivity contribution is -0.129. The highest BCUT2D eigenvalue weighted by atomic mass is 32.1. The van der Waals surface area contributed by atoms with Crippen LogP contribution in [0.15, 0.2) is 30.3 Å². The van der Waals surface area contributed by atoms with Crippen molar-refractivity contribution in [3.8, 4) is 0 Å². The Balaban J connectivity index is 1.45. The summed E-state index contributed by atoms with van der Waals surface area (Å²) in [6, 6.07) is 9.95. The Morgan fingerprint density at radius 1 is 1.30 bits per heavy atom. The van der Waals surface area contributed by atoms with E-state index in [2.05, 4.69) is 26.2 Å². The third-order valence-corrected chi connectivity index (χ3v) is 5.85. The number of hydrogen-bond donors (Lipinski definition) is 4. The predicted octanol–water partition coefficient (Wildman–Crippen LogP) is 0.135. The van der Waals surface area contributed by atoms with Gasteiger partial charge in [0.15, 0.2) is 5.11 Å². The Morgan fingerprint density at radius 2 is 2.10 bits per heavy atom. The third-order valence-electron chi connectivity index (χ3n) is 5.59. The molecule has 9 heteroatoms. The fourth-order valence-electron chi connectivity index (χ4n) is 4.03. The monoisotopic (exact) mass is 433 g/mol. The summed E-state index contributed by atoms with van der Waals surface area (Å²) in [5.41, 5.74) is 1.08. The van der Waals surface area contributed by atoms with Gasteiger partial charge in [-0.3, -0.25) is 14.5 Å². The molecule has 2 aliphatic heterocycles. The van der Waals surface area contributed by atoms with Gasteiger partial charge in [0.25, 0.3) is 0 Å². The summed E-state index contributed by atoms with van der Waals surface area (Å²) < 4.78 is 5.01. The number of benzene rings is 1. The van der Waals surface area contributed by atoms with Crippen LogP contribution in [0, 0.1) is 0 Å². The molecule has 0 unspecified atom stereocenters. The molecule has 0 radical (unpaired) electrons. The van der Waals surface area contributed by atoms with Gasteiger partial charge in [0, 0.05) is 51.8 Å². The second-order valence-corrected chi connectivity index (χ2v) is 8.15. The van der Waals surface area contributed by atoms with Crippen molar-refractivity contribution in [2.75, 3.05) is 33.4 Å². The zero-order valence-electron chi connectivity index (χ0n) is 17.4. The number of amides is 2. The van der Waals surface area contributed by atoms with Crippen molar-refractivity contribution in [1.29, 1.82) is 0 Å². The maximum Gasteiger partial charge on any atom is 0.237 e. The van der Waals surface area contributed by atoms with Crippen LogP contribution in [-0.4, -0.2) is 73.3 Å². The first-order valence-electron chi connectivity index (χ1n) is 10.4. The summed E-state index contributed by atoms with van der Waals surface area (Å²) in [6.45, 7) is 3.07. The molecule has 0 aliphatic carbocycles. The average molecular weight is 434 g/mol. The second kappa shape index (κ2) is 11.2. The summed E-state index contributed by atoms with van der Waals surface area (Å²) in [7, 11) is 1.65. The molecular weight excluding hydrogens is 402 g/mol. The number of methoxy groups -OCH3 is 1. The number of ether oxygens (including phenoxy) is 1. The van der Waals surface area contributed by atoms with Crippen LogP contribution in [0.1, 0.15) is 24.8 Å². The van der Waals surface area contributed by atoms with E-state index in [9.17, 15) is 9.59 Å². The lowest BCUT2D eigenvalue weighted by Crippen LogP contribution is -2.58. The Kier molecular flexibility index (Phi) is 8.41. The number of nitrogens with zero attached hydrogens (tertiary/aromatic N) is 1. The van der Waals surface area contributed by atoms with Gasteiger partial charge in [-0.05, 0) is 30.6 Å². The molecule has 8 nitrogen and oxygen atoms in total. The van der Waals surface area contributed by atoms with Gasteiger partial charge in [0.05, 0.1) is 12.6 Å². The standard InChI is InChI=1S/C21H31N5O3S/c1-29-10-9-22-21(30)25-16-11-18-20(28)24-13-17(26(18)14-16)7-8-19(27)23-12-15-5-3-2-4-6-15/h2-6,16-18H,7-14H2,1H3,(H,23,27)(H,24,28)(H2,22,25,30)/t16-,17-,18+/m1/s1. The number of carbonyl (C=O) groups is 2. The minimum absolute atomic E-state index is 0.0321. The van der Waals surface area contributed by atoms with E-state index in [0.717, 1.165) is 12.1 Å². The molecule has 2 aliphatic rings. The molecule has 0 bridgehead atoms. The zero-order valence-corrected chi connectivity index (χ0v) is 18.2. The van der Waals surface area contributed by atoms with E-state index in [4.69, 9.17) is 17.0 Å². The van der Waals surface area contributed by atoms with Crippen molar-refractivity contribution in [3.05, 3.63) is 35.9 Å². The number of rotatable bonds is 9. The molecule has 0 aromatic heterocycles. The summed E-state index contributed by atoms with van der Waals surface area (Å²) in [5.74, 6) is 0.0898. The van der Waals surface area contributed by atoms with Gasteiger partial charge >= 0.3 is 0 Å². The summed E-state index contributed by atoms with van der Waals surface area (Å²) in [4.78, 5) is 26.8. The Bertz CT molecular complexity index is 733. The smallest absolute Gasteiger partial charge is 0.237 e. The third kappa shape index (κ3) is 6.38. The molecule has 2 fully saturated rings. The molecule has 0 spiro atoms.